The van der Waals surface area contributed by atoms with E-state index in [4.69, 9.17) is 16.5 Å². The Balaban J connectivity index is 1.56. The van der Waals surface area contributed by atoms with Crippen molar-refractivity contribution < 1.29 is 4.79 Å². The number of carbonyl (C=O) groups is 1. The van der Waals surface area contributed by atoms with Crippen LogP contribution in [0, 0.1) is 12.8 Å². The van der Waals surface area contributed by atoms with Gasteiger partial charge in [-0.15, -0.1) is 0 Å². The first-order chi connectivity index (χ1) is 14.9. The van der Waals surface area contributed by atoms with E-state index in [1.165, 1.54) is 0 Å². The SMILES string of the molecule is Cc1c(Cc2cnc(C(N)=O)c(NCC3CCN(C)CC3)n2)ccc2c(N)nccc12. The van der Waals surface area contributed by atoms with Gasteiger partial charge in [-0.2, -0.15) is 0 Å². The molecular weight excluding hydrogens is 390 g/mol. The summed E-state index contributed by atoms with van der Waals surface area (Å²) in [6, 6.07) is 6.01. The highest BCUT2D eigenvalue weighted by atomic mass is 16.1. The van der Waals surface area contributed by atoms with E-state index in [9.17, 15) is 4.79 Å². The van der Waals surface area contributed by atoms with Crippen molar-refractivity contribution in [1.29, 1.82) is 0 Å². The number of hydrogen-bond acceptors (Lipinski definition) is 7. The molecule has 2 aromatic heterocycles. The maximum atomic E-state index is 11.9. The van der Waals surface area contributed by atoms with Crippen LogP contribution >= 0.6 is 0 Å². The predicted octanol–water partition coefficient (Wildman–Crippen LogP) is 2.36. The molecule has 0 radical (unpaired) electrons. The fraction of sp³-hybridized carbons (Fsp3) is 0.391. The van der Waals surface area contributed by atoms with E-state index < -0.39 is 5.91 Å². The maximum Gasteiger partial charge on any atom is 0.271 e. The Labute approximate surface area is 182 Å². The predicted molar refractivity (Wildman–Crippen MR) is 123 cm³/mol. The molecule has 8 heteroatoms. The van der Waals surface area contributed by atoms with Crippen LogP contribution in [0.2, 0.25) is 0 Å². The van der Waals surface area contributed by atoms with Crippen LogP contribution in [0.1, 0.15) is 40.2 Å². The van der Waals surface area contributed by atoms with Crippen LogP contribution in [-0.4, -0.2) is 52.4 Å². The molecule has 3 aromatic rings. The van der Waals surface area contributed by atoms with Gasteiger partial charge in [0.2, 0.25) is 0 Å². The number of primary amides is 1. The lowest BCUT2D eigenvalue weighted by Gasteiger charge is -2.29. The molecule has 1 aromatic carbocycles. The zero-order chi connectivity index (χ0) is 22.0. The first-order valence-corrected chi connectivity index (χ1v) is 10.6. The molecule has 0 unspecified atom stereocenters. The average molecular weight is 420 g/mol. The number of amides is 1. The minimum atomic E-state index is -0.574. The molecule has 0 bridgehead atoms. The monoisotopic (exact) mass is 419 g/mol. The van der Waals surface area contributed by atoms with Gasteiger partial charge in [-0.1, -0.05) is 12.1 Å². The minimum absolute atomic E-state index is 0.186. The number of hydrogen-bond donors (Lipinski definition) is 3. The fourth-order valence-electron chi connectivity index (χ4n) is 4.18. The molecule has 1 amide bonds. The van der Waals surface area contributed by atoms with Gasteiger partial charge in [0, 0.05) is 30.7 Å². The van der Waals surface area contributed by atoms with Gasteiger partial charge in [0.15, 0.2) is 11.5 Å². The molecule has 0 saturated carbocycles. The van der Waals surface area contributed by atoms with E-state index in [1.54, 1.807) is 12.4 Å². The van der Waals surface area contributed by atoms with Crippen LogP contribution in [-0.2, 0) is 6.42 Å². The van der Waals surface area contributed by atoms with Gasteiger partial charge in [0.1, 0.15) is 5.82 Å². The summed E-state index contributed by atoms with van der Waals surface area (Å²) >= 11 is 0. The number of piperidine rings is 1. The first kappa shape index (κ1) is 21.0. The Morgan fingerprint density at radius 3 is 2.71 bits per heavy atom. The third-order valence-electron chi connectivity index (χ3n) is 6.18. The average Bonchev–Trinajstić information content (AvgIpc) is 2.76. The highest BCUT2D eigenvalue weighted by Crippen LogP contribution is 2.26. The number of nitrogens with one attached hydrogen (secondary N) is 1. The third kappa shape index (κ3) is 4.59. The summed E-state index contributed by atoms with van der Waals surface area (Å²) in [4.78, 5) is 27.4. The van der Waals surface area contributed by atoms with Crippen molar-refractivity contribution in [2.24, 2.45) is 11.7 Å². The number of benzene rings is 1. The Morgan fingerprint density at radius 2 is 1.97 bits per heavy atom. The number of carbonyl (C=O) groups excluding carboxylic acids is 1. The van der Waals surface area contributed by atoms with Gasteiger partial charge in [0.25, 0.3) is 5.91 Å². The van der Waals surface area contributed by atoms with Gasteiger partial charge in [0.05, 0.1) is 5.69 Å². The molecule has 0 aliphatic carbocycles. The number of fused-ring (bicyclic) bond motifs is 1. The summed E-state index contributed by atoms with van der Waals surface area (Å²) in [5.41, 5.74) is 14.8. The summed E-state index contributed by atoms with van der Waals surface area (Å²) < 4.78 is 0. The molecule has 4 rings (SSSR count). The largest absolute Gasteiger partial charge is 0.383 e. The van der Waals surface area contributed by atoms with E-state index in [1.807, 2.05) is 18.2 Å². The summed E-state index contributed by atoms with van der Waals surface area (Å²) in [5.74, 6) is 0.966. The first-order valence-electron chi connectivity index (χ1n) is 10.6. The molecule has 1 aliphatic heterocycles. The second-order valence-corrected chi connectivity index (χ2v) is 8.37. The van der Waals surface area contributed by atoms with Crippen molar-refractivity contribution in [1.82, 2.24) is 19.9 Å². The van der Waals surface area contributed by atoms with Crippen LogP contribution < -0.4 is 16.8 Å². The third-order valence-corrected chi connectivity index (χ3v) is 6.18. The molecule has 31 heavy (non-hydrogen) atoms. The molecule has 0 atom stereocenters. The molecule has 5 N–H and O–H groups in total. The van der Waals surface area contributed by atoms with Gasteiger partial charge in [-0.3, -0.25) is 4.79 Å². The topological polar surface area (TPSA) is 123 Å². The van der Waals surface area contributed by atoms with Gasteiger partial charge in [-0.25, -0.2) is 15.0 Å². The van der Waals surface area contributed by atoms with Crippen LogP contribution in [0.15, 0.2) is 30.6 Å². The van der Waals surface area contributed by atoms with Crippen molar-refractivity contribution in [3.63, 3.8) is 0 Å². The van der Waals surface area contributed by atoms with Crippen LogP contribution in [0.3, 0.4) is 0 Å². The molecule has 1 fully saturated rings. The lowest BCUT2D eigenvalue weighted by Crippen LogP contribution is -2.33. The Bertz CT molecular complexity index is 1110. The van der Waals surface area contributed by atoms with Crippen LogP contribution in [0.4, 0.5) is 11.6 Å². The maximum absolute atomic E-state index is 11.9. The van der Waals surface area contributed by atoms with Gasteiger partial charge in [-0.05, 0) is 68.4 Å². The van der Waals surface area contributed by atoms with Crippen molar-refractivity contribution in [2.75, 3.05) is 37.7 Å². The van der Waals surface area contributed by atoms with E-state index >= 15 is 0 Å². The molecule has 1 aliphatic rings. The van der Waals surface area contributed by atoms with Crippen molar-refractivity contribution in [3.8, 4) is 0 Å². The lowest BCUT2D eigenvalue weighted by molar-refractivity contribution is 0.0996. The molecule has 1 saturated heterocycles. The number of aryl methyl sites for hydroxylation is 1. The lowest BCUT2D eigenvalue weighted by atomic mass is 9.97. The number of pyridine rings is 1. The Kier molecular flexibility index (Phi) is 5.99. The quantitative estimate of drug-likeness (QED) is 0.560. The second-order valence-electron chi connectivity index (χ2n) is 8.37. The Hall–Kier alpha value is -3.26. The number of nitrogens with zero attached hydrogens (tertiary/aromatic N) is 4. The number of nitrogens with two attached hydrogens (primary N) is 2. The number of rotatable bonds is 6. The number of anilines is 2. The van der Waals surface area contributed by atoms with E-state index in [0.29, 0.717) is 24.0 Å². The summed E-state index contributed by atoms with van der Waals surface area (Å²) in [7, 11) is 2.14. The zero-order valence-electron chi connectivity index (χ0n) is 18.1. The van der Waals surface area contributed by atoms with E-state index in [0.717, 1.165) is 60.1 Å². The smallest absolute Gasteiger partial charge is 0.271 e. The van der Waals surface area contributed by atoms with E-state index in [2.05, 4.69) is 34.2 Å². The highest BCUT2D eigenvalue weighted by molar-refractivity contribution is 5.95. The number of likely N-dealkylation sites (tertiary alicyclic amines) is 1. The highest BCUT2D eigenvalue weighted by Gasteiger charge is 2.19. The second kappa shape index (κ2) is 8.85. The zero-order valence-corrected chi connectivity index (χ0v) is 18.1. The van der Waals surface area contributed by atoms with E-state index in [-0.39, 0.29) is 5.69 Å². The molecule has 8 nitrogen and oxygen atoms in total. The molecule has 3 heterocycles. The van der Waals surface area contributed by atoms with Crippen LogP contribution in [0.25, 0.3) is 10.8 Å². The molecule has 162 valence electrons. The fourth-order valence-corrected chi connectivity index (χ4v) is 4.18. The normalized spacial score (nSPS) is 15.3. The summed E-state index contributed by atoms with van der Waals surface area (Å²) in [6.07, 6.45) is 6.19. The summed E-state index contributed by atoms with van der Waals surface area (Å²) in [5, 5.41) is 5.36. The standard InChI is InChI=1S/C23H29N7O/c1-14-16(3-4-19-18(14)5-8-26-21(19)24)11-17-13-27-20(22(25)31)23(29-17)28-12-15-6-9-30(2)10-7-15/h3-5,8,13,15H,6-7,9-12H2,1-2H3,(H2,24,26)(H2,25,31)(H,28,29). The van der Waals surface area contributed by atoms with Crippen LogP contribution in [0.5, 0.6) is 0 Å². The van der Waals surface area contributed by atoms with Crippen molar-refractivity contribution in [3.05, 3.63) is 53.1 Å². The number of nitrogen functional groups attached to an aromatic ring is 1. The van der Waals surface area contributed by atoms with Crippen molar-refractivity contribution >= 4 is 28.3 Å². The van der Waals surface area contributed by atoms with Gasteiger partial charge < -0.3 is 21.7 Å². The molecule has 0 spiro atoms. The molecular formula is C23H29N7O. The Morgan fingerprint density at radius 1 is 1.19 bits per heavy atom. The van der Waals surface area contributed by atoms with Gasteiger partial charge >= 0.3 is 0 Å². The van der Waals surface area contributed by atoms with Crippen molar-refractivity contribution in [2.45, 2.75) is 26.2 Å². The minimum Gasteiger partial charge on any atom is -0.383 e. The summed E-state index contributed by atoms with van der Waals surface area (Å²) in [6.45, 7) is 5.00. The number of aromatic nitrogens is 3.